The summed E-state index contributed by atoms with van der Waals surface area (Å²) in [5, 5.41) is 0.550. The van der Waals surface area contributed by atoms with Crippen molar-refractivity contribution < 1.29 is 9.53 Å². The van der Waals surface area contributed by atoms with Gasteiger partial charge in [-0.1, -0.05) is 12.1 Å². The Balaban J connectivity index is 1.86. The topological polar surface area (TPSA) is 64.4 Å². The summed E-state index contributed by atoms with van der Waals surface area (Å²) in [6.07, 6.45) is 1.87. The van der Waals surface area contributed by atoms with E-state index >= 15 is 0 Å². The molecular formula is C23H25N3O3. The molecule has 0 aliphatic heterocycles. The molecule has 2 aromatic carbocycles. The molecule has 6 heteroatoms. The van der Waals surface area contributed by atoms with E-state index in [1.165, 1.54) is 0 Å². The molecular weight excluding hydrogens is 366 g/mol. The number of fused-ring (bicyclic) bond motifs is 1. The zero-order valence-electron chi connectivity index (χ0n) is 17.0. The Morgan fingerprint density at radius 2 is 1.90 bits per heavy atom. The van der Waals surface area contributed by atoms with E-state index in [9.17, 15) is 9.59 Å². The molecule has 6 nitrogen and oxygen atoms in total. The Hall–Kier alpha value is -3.15. The number of benzene rings is 2. The van der Waals surface area contributed by atoms with Gasteiger partial charge >= 0.3 is 0 Å². The quantitative estimate of drug-likeness (QED) is 0.643. The fourth-order valence-corrected chi connectivity index (χ4v) is 3.52. The molecule has 1 atom stereocenters. The maximum Gasteiger partial charge on any atom is 0.266 e. The molecule has 0 saturated heterocycles. The van der Waals surface area contributed by atoms with Crippen LogP contribution in [0, 0.1) is 5.92 Å². The molecule has 150 valence electrons. The number of para-hydroxylation sites is 1. The smallest absolute Gasteiger partial charge is 0.266 e. The van der Waals surface area contributed by atoms with Crippen molar-refractivity contribution in [1.82, 2.24) is 14.5 Å². The molecule has 0 N–H and O–H groups in total. The number of hydrogen-bond donors (Lipinski definition) is 0. The van der Waals surface area contributed by atoms with Gasteiger partial charge in [-0.25, -0.2) is 4.98 Å². The predicted octanol–water partition coefficient (Wildman–Crippen LogP) is 3.71. The molecule has 1 aromatic heterocycles. The van der Waals surface area contributed by atoms with Crippen LogP contribution in [0.4, 0.5) is 0 Å². The van der Waals surface area contributed by atoms with E-state index in [1.807, 2.05) is 56.3 Å². The number of aromatic nitrogens is 2. The van der Waals surface area contributed by atoms with Crippen LogP contribution in [0.5, 0.6) is 5.75 Å². The van der Waals surface area contributed by atoms with Crippen molar-refractivity contribution in [2.45, 2.75) is 32.7 Å². The van der Waals surface area contributed by atoms with Crippen molar-refractivity contribution in [2.75, 3.05) is 13.7 Å². The molecule has 0 radical (unpaired) electrons. The van der Waals surface area contributed by atoms with Gasteiger partial charge in [0, 0.05) is 13.0 Å². The molecule has 4 rings (SSSR count). The molecule has 1 saturated carbocycles. The molecule has 1 aliphatic rings. The zero-order valence-corrected chi connectivity index (χ0v) is 17.0. The summed E-state index contributed by atoms with van der Waals surface area (Å²) in [5.74, 6) is 1.51. The van der Waals surface area contributed by atoms with Crippen molar-refractivity contribution in [3.63, 3.8) is 0 Å². The van der Waals surface area contributed by atoms with Gasteiger partial charge in [0.2, 0.25) is 5.91 Å². The third-order valence-electron chi connectivity index (χ3n) is 5.44. The minimum Gasteiger partial charge on any atom is -0.494 e. The first-order valence-electron chi connectivity index (χ1n) is 10.0. The molecule has 0 spiro atoms. The van der Waals surface area contributed by atoms with Crippen LogP contribution in [-0.2, 0) is 4.79 Å². The maximum absolute atomic E-state index is 13.4. The fourth-order valence-electron chi connectivity index (χ4n) is 3.52. The molecule has 29 heavy (non-hydrogen) atoms. The fraction of sp³-hybridized carbons (Fsp3) is 0.348. The highest BCUT2D eigenvalue weighted by Gasteiger charge is 2.35. The van der Waals surface area contributed by atoms with Crippen LogP contribution in [0.3, 0.4) is 0 Å². The van der Waals surface area contributed by atoms with E-state index in [-0.39, 0.29) is 23.4 Å². The molecule has 1 fully saturated rings. The number of rotatable bonds is 6. The Kier molecular flexibility index (Phi) is 5.09. The van der Waals surface area contributed by atoms with E-state index in [0.29, 0.717) is 29.0 Å². The van der Waals surface area contributed by atoms with Crippen molar-refractivity contribution in [3.8, 4) is 11.4 Å². The van der Waals surface area contributed by atoms with Crippen LogP contribution >= 0.6 is 0 Å². The van der Waals surface area contributed by atoms with Crippen LogP contribution < -0.4 is 10.3 Å². The minimum atomic E-state index is -0.341. The van der Waals surface area contributed by atoms with Crippen LogP contribution in [0.2, 0.25) is 0 Å². The molecule has 0 bridgehead atoms. The number of carbonyl (C=O) groups excluding carboxylic acids is 1. The normalized spacial score (nSPS) is 14.6. The average Bonchev–Trinajstić information content (AvgIpc) is 3.58. The molecule has 1 amide bonds. The van der Waals surface area contributed by atoms with Gasteiger partial charge in [-0.2, -0.15) is 0 Å². The second-order valence-electron chi connectivity index (χ2n) is 7.45. The summed E-state index contributed by atoms with van der Waals surface area (Å²) >= 11 is 0. The van der Waals surface area contributed by atoms with Crippen LogP contribution in [0.25, 0.3) is 16.6 Å². The number of hydrogen-bond acceptors (Lipinski definition) is 4. The van der Waals surface area contributed by atoms with Crippen molar-refractivity contribution >= 4 is 16.8 Å². The van der Waals surface area contributed by atoms with Crippen molar-refractivity contribution in [3.05, 3.63) is 64.7 Å². The summed E-state index contributed by atoms with van der Waals surface area (Å²) in [6.45, 7) is 4.42. The summed E-state index contributed by atoms with van der Waals surface area (Å²) in [5.41, 5.74) is 1.19. The van der Waals surface area contributed by atoms with E-state index in [1.54, 1.807) is 22.6 Å². The molecule has 1 heterocycles. The lowest BCUT2D eigenvalue weighted by Gasteiger charge is -2.27. The first-order chi connectivity index (χ1) is 14.0. The third kappa shape index (κ3) is 3.62. The molecule has 3 aromatic rings. The van der Waals surface area contributed by atoms with Gasteiger partial charge in [0.05, 0.1) is 29.2 Å². The highest BCUT2D eigenvalue weighted by atomic mass is 16.5. The summed E-state index contributed by atoms with van der Waals surface area (Å²) in [6, 6.07) is 14.3. The Morgan fingerprint density at radius 1 is 1.21 bits per heavy atom. The van der Waals surface area contributed by atoms with Gasteiger partial charge in [-0.05, 0) is 63.1 Å². The first kappa shape index (κ1) is 19.2. The van der Waals surface area contributed by atoms with Crippen molar-refractivity contribution in [2.24, 2.45) is 5.92 Å². The lowest BCUT2D eigenvalue weighted by Crippen LogP contribution is -2.35. The summed E-state index contributed by atoms with van der Waals surface area (Å²) < 4.78 is 7.13. The monoisotopic (exact) mass is 391 g/mol. The lowest BCUT2D eigenvalue weighted by atomic mass is 10.1. The van der Waals surface area contributed by atoms with E-state index in [2.05, 4.69) is 0 Å². The predicted molar refractivity (Wildman–Crippen MR) is 112 cm³/mol. The van der Waals surface area contributed by atoms with Crippen LogP contribution in [0.1, 0.15) is 38.6 Å². The Morgan fingerprint density at radius 3 is 2.55 bits per heavy atom. The second-order valence-corrected chi connectivity index (χ2v) is 7.45. The van der Waals surface area contributed by atoms with E-state index in [4.69, 9.17) is 9.72 Å². The van der Waals surface area contributed by atoms with Gasteiger partial charge in [-0.3, -0.25) is 14.2 Å². The highest BCUT2D eigenvalue weighted by Crippen LogP contribution is 2.33. The lowest BCUT2D eigenvalue weighted by molar-refractivity contribution is -0.133. The maximum atomic E-state index is 13.4. The summed E-state index contributed by atoms with van der Waals surface area (Å²) in [7, 11) is 1.79. The number of amides is 1. The highest BCUT2D eigenvalue weighted by molar-refractivity contribution is 5.81. The van der Waals surface area contributed by atoms with E-state index in [0.717, 1.165) is 18.6 Å². The largest absolute Gasteiger partial charge is 0.494 e. The van der Waals surface area contributed by atoms with Crippen LogP contribution in [-0.4, -0.2) is 34.0 Å². The van der Waals surface area contributed by atoms with Gasteiger partial charge in [0.25, 0.3) is 5.56 Å². The minimum absolute atomic E-state index is 0.105. The SMILES string of the molecule is CCOc1ccc(-n2c(C(C)N(C)C(=O)C3CC3)nc3ccccc3c2=O)cc1. The number of ether oxygens (including phenoxy) is 1. The first-order valence-corrected chi connectivity index (χ1v) is 10.0. The zero-order chi connectivity index (χ0) is 20.5. The summed E-state index contributed by atoms with van der Waals surface area (Å²) in [4.78, 5) is 32.5. The van der Waals surface area contributed by atoms with Gasteiger partial charge in [0.1, 0.15) is 11.6 Å². The number of carbonyl (C=O) groups is 1. The van der Waals surface area contributed by atoms with Crippen molar-refractivity contribution in [1.29, 1.82) is 0 Å². The van der Waals surface area contributed by atoms with E-state index < -0.39 is 0 Å². The van der Waals surface area contributed by atoms with Gasteiger partial charge in [0.15, 0.2) is 0 Å². The second kappa shape index (κ2) is 7.70. The Bertz CT molecular complexity index is 1100. The standard InChI is InChI=1S/C23H25N3O3/c1-4-29-18-13-11-17(12-14-18)26-21(15(2)25(3)22(27)16-9-10-16)24-20-8-6-5-7-19(20)23(26)28/h5-8,11-16H,4,9-10H2,1-3H3. The molecule has 1 unspecified atom stereocenters. The average molecular weight is 391 g/mol. The van der Waals surface area contributed by atoms with Gasteiger partial charge < -0.3 is 9.64 Å². The molecule has 1 aliphatic carbocycles. The third-order valence-corrected chi connectivity index (χ3v) is 5.44. The van der Waals surface area contributed by atoms with Crippen LogP contribution in [0.15, 0.2) is 53.3 Å². The Labute approximate surface area is 169 Å². The van der Waals surface area contributed by atoms with Gasteiger partial charge in [-0.15, -0.1) is 0 Å². The number of nitrogens with zero attached hydrogens (tertiary/aromatic N) is 3.